The van der Waals surface area contributed by atoms with Gasteiger partial charge in [0.2, 0.25) is 5.91 Å². The molecule has 12 heteroatoms. The van der Waals surface area contributed by atoms with Crippen molar-refractivity contribution in [2.75, 3.05) is 19.7 Å². The van der Waals surface area contributed by atoms with Crippen LogP contribution in [-0.2, 0) is 27.4 Å². The van der Waals surface area contributed by atoms with Crippen LogP contribution in [0.25, 0.3) is 0 Å². The number of thiophene rings is 1. The van der Waals surface area contributed by atoms with Gasteiger partial charge in [0.25, 0.3) is 0 Å². The lowest BCUT2D eigenvalue weighted by atomic mass is 9.82. The molecule has 4 heterocycles. The number of aromatic nitrogens is 1. The number of aryl methyl sites for hydroxylation is 1. The Morgan fingerprint density at radius 1 is 1.30 bits per heavy atom. The number of carbonyl (C=O) groups excluding carboxylic acids is 1. The molecule has 1 atom stereocenters. The molecule has 7 nitrogen and oxygen atoms in total. The summed E-state index contributed by atoms with van der Waals surface area (Å²) in [5.74, 6) is -2.68. The molecule has 2 fully saturated rings. The van der Waals surface area contributed by atoms with E-state index in [1.807, 2.05) is 11.8 Å². The Kier molecular flexibility index (Phi) is 8.14. The quantitative estimate of drug-likeness (QED) is 0.678. The number of piperidine rings is 1. The summed E-state index contributed by atoms with van der Waals surface area (Å²) < 4.78 is 37.9. The largest absolute Gasteiger partial charge is 0.490 e. The molecular weight excluding hydrogens is 479 g/mol. The third kappa shape index (κ3) is 6.52. The molecule has 2 aliphatic rings. The zero-order valence-electron chi connectivity index (χ0n) is 18.3. The van der Waals surface area contributed by atoms with E-state index in [1.165, 1.54) is 5.56 Å². The van der Waals surface area contributed by atoms with E-state index in [9.17, 15) is 18.0 Å². The number of aliphatic carboxylic acids is 1. The molecule has 0 aliphatic carbocycles. The van der Waals surface area contributed by atoms with Gasteiger partial charge in [-0.15, -0.1) is 11.3 Å². The SMILES string of the molecule is Cc1nc(CN2C(=O)COC3(CCN(Cc4ccsc4)CC3)C2C)cs1.O=C(O)C(F)(F)F. The number of thiazole rings is 1. The fourth-order valence-electron chi connectivity index (χ4n) is 4.08. The number of nitrogens with zero attached hydrogens (tertiary/aromatic N) is 3. The number of alkyl halides is 3. The van der Waals surface area contributed by atoms with E-state index in [1.54, 1.807) is 22.7 Å². The van der Waals surface area contributed by atoms with Gasteiger partial charge in [0.15, 0.2) is 0 Å². The highest BCUT2D eigenvalue weighted by molar-refractivity contribution is 7.09. The number of hydrogen-bond donors (Lipinski definition) is 1. The van der Waals surface area contributed by atoms with Gasteiger partial charge in [-0.25, -0.2) is 9.78 Å². The number of carboxylic acid groups (broad SMARTS) is 1. The van der Waals surface area contributed by atoms with Crippen molar-refractivity contribution >= 4 is 34.6 Å². The van der Waals surface area contributed by atoms with Crippen LogP contribution in [0.1, 0.15) is 36.0 Å². The maximum absolute atomic E-state index is 12.5. The van der Waals surface area contributed by atoms with Crippen molar-refractivity contribution in [3.63, 3.8) is 0 Å². The van der Waals surface area contributed by atoms with Crippen molar-refractivity contribution < 1.29 is 32.6 Å². The molecular formula is C21H26F3N3O4S2. The molecule has 0 saturated carbocycles. The third-order valence-electron chi connectivity index (χ3n) is 5.96. The van der Waals surface area contributed by atoms with E-state index in [0.717, 1.165) is 43.2 Å². The van der Waals surface area contributed by atoms with E-state index in [-0.39, 0.29) is 24.2 Å². The fourth-order valence-corrected chi connectivity index (χ4v) is 5.35. The monoisotopic (exact) mass is 505 g/mol. The maximum Gasteiger partial charge on any atom is 0.490 e. The fraction of sp³-hybridized carbons (Fsp3) is 0.571. The van der Waals surface area contributed by atoms with Crippen LogP contribution in [0.4, 0.5) is 13.2 Å². The van der Waals surface area contributed by atoms with Gasteiger partial charge in [0.05, 0.1) is 28.9 Å². The van der Waals surface area contributed by atoms with Gasteiger partial charge in [0, 0.05) is 25.0 Å². The predicted octanol–water partition coefficient (Wildman–Crippen LogP) is 3.93. The van der Waals surface area contributed by atoms with Gasteiger partial charge in [-0.3, -0.25) is 9.69 Å². The van der Waals surface area contributed by atoms with Crippen LogP contribution in [-0.4, -0.2) is 69.3 Å². The van der Waals surface area contributed by atoms with Crippen LogP contribution in [0.15, 0.2) is 22.2 Å². The Morgan fingerprint density at radius 2 is 1.97 bits per heavy atom. The van der Waals surface area contributed by atoms with Gasteiger partial charge < -0.3 is 14.7 Å². The topological polar surface area (TPSA) is 83.0 Å². The van der Waals surface area contributed by atoms with Crippen LogP contribution in [0.3, 0.4) is 0 Å². The van der Waals surface area contributed by atoms with Crippen LogP contribution >= 0.6 is 22.7 Å². The Bertz CT molecular complexity index is 941. The summed E-state index contributed by atoms with van der Waals surface area (Å²) in [5, 5.41) is 14.6. The smallest absolute Gasteiger partial charge is 0.475 e. The number of amides is 1. The Balaban J connectivity index is 0.000000383. The number of likely N-dealkylation sites (tertiary alicyclic amines) is 1. The Hall–Kier alpha value is -2.02. The molecule has 2 aliphatic heterocycles. The van der Waals surface area contributed by atoms with E-state index in [2.05, 4.69) is 39.0 Å². The second-order valence-corrected chi connectivity index (χ2v) is 9.96. The summed E-state index contributed by atoms with van der Waals surface area (Å²) in [5.41, 5.74) is 2.16. The third-order valence-corrected chi connectivity index (χ3v) is 7.52. The zero-order valence-corrected chi connectivity index (χ0v) is 19.9. The van der Waals surface area contributed by atoms with E-state index >= 15 is 0 Å². The van der Waals surface area contributed by atoms with Crippen LogP contribution in [0.5, 0.6) is 0 Å². The van der Waals surface area contributed by atoms with E-state index in [4.69, 9.17) is 14.6 Å². The first-order valence-corrected chi connectivity index (χ1v) is 12.2. The van der Waals surface area contributed by atoms with Crippen molar-refractivity contribution in [1.29, 1.82) is 0 Å². The van der Waals surface area contributed by atoms with E-state index in [0.29, 0.717) is 6.54 Å². The molecule has 182 valence electrons. The van der Waals surface area contributed by atoms with Crippen molar-refractivity contribution in [3.05, 3.63) is 38.5 Å². The molecule has 1 amide bonds. The minimum absolute atomic E-state index is 0.0778. The van der Waals surface area contributed by atoms with Gasteiger partial charge >= 0.3 is 12.1 Å². The standard InChI is InChI=1S/C19H25N3O2S2.C2HF3O2/c1-14-19(4-6-21(7-5-19)9-16-3-8-25-12-16)24-11-18(23)22(14)10-17-13-26-15(2)20-17;3-2(4,5)1(6)7/h3,8,12-14H,4-7,9-11H2,1-2H3;(H,6,7). The predicted molar refractivity (Wildman–Crippen MR) is 118 cm³/mol. The summed E-state index contributed by atoms with van der Waals surface area (Å²) in [6.07, 6.45) is -3.14. The minimum Gasteiger partial charge on any atom is -0.475 e. The average Bonchev–Trinajstić information content (AvgIpc) is 3.41. The van der Waals surface area contributed by atoms with E-state index < -0.39 is 12.1 Å². The second-order valence-electron chi connectivity index (χ2n) is 8.12. The Labute approximate surface area is 197 Å². The molecule has 1 N–H and O–H groups in total. The molecule has 2 aromatic heterocycles. The number of carboxylic acids is 1. The average molecular weight is 506 g/mol. The summed E-state index contributed by atoms with van der Waals surface area (Å²) in [7, 11) is 0. The molecule has 0 bridgehead atoms. The highest BCUT2D eigenvalue weighted by Gasteiger charge is 2.48. The lowest BCUT2D eigenvalue weighted by Crippen LogP contribution is -2.63. The van der Waals surface area contributed by atoms with Gasteiger partial charge in [-0.05, 0) is 49.1 Å². The number of carbonyl (C=O) groups is 2. The maximum atomic E-state index is 12.5. The summed E-state index contributed by atoms with van der Waals surface area (Å²) in [4.78, 5) is 30.4. The molecule has 1 spiro atoms. The first kappa shape index (κ1) is 25.6. The van der Waals surface area contributed by atoms with Gasteiger partial charge in [-0.1, -0.05) is 0 Å². The molecule has 0 radical (unpaired) electrons. The molecule has 4 rings (SSSR count). The number of rotatable bonds is 4. The number of halogens is 3. The van der Waals surface area contributed by atoms with Crippen molar-refractivity contribution in [3.8, 4) is 0 Å². The number of hydrogen-bond acceptors (Lipinski definition) is 7. The summed E-state index contributed by atoms with van der Waals surface area (Å²) in [6.45, 7) is 7.96. The molecule has 1 unspecified atom stereocenters. The van der Waals surface area contributed by atoms with Crippen molar-refractivity contribution in [1.82, 2.24) is 14.8 Å². The lowest BCUT2D eigenvalue weighted by Gasteiger charge is -2.51. The number of morpholine rings is 1. The molecule has 2 aromatic rings. The normalized spacial score (nSPS) is 21.1. The second kappa shape index (κ2) is 10.5. The van der Waals surface area contributed by atoms with Gasteiger partial charge in [0.1, 0.15) is 6.61 Å². The first-order valence-electron chi connectivity index (χ1n) is 10.4. The zero-order chi connectivity index (χ0) is 24.2. The van der Waals surface area contributed by atoms with Crippen molar-refractivity contribution in [2.24, 2.45) is 0 Å². The van der Waals surface area contributed by atoms with Crippen LogP contribution in [0.2, 0.25) is 0 Å². The molecule has 2 saturated heterocycles. The highest BCUT2D eigenvalue weighted by atomic mass is 32.1. The van der Waals surface area contributed by atoms with Gasteiger partial charge in [-0.2, -0.15) is 24.5 Å². The number of ether oxygens (including phenoxy) is 1. The summed E-state index contributed by atoms with van der Waals surface area (Å²) in [6, 6.07) is 2.28. The van der Waals surface area contributed by atoms with Crippen LogP contribution in [0, 0.1) is 6.92 Å². The Morgan fingerprint density at radius 3 is 2.48 bits per heavy atom. The molecule has 0 aromatic carbocycles. The minimum atomic E-state index is -5.08. The summed E-state index contributed by atoms with van der Waals surface area (Å²) >= 11 is 3.39. The first-order chi connectivity index (χ1) is 15.5. The lowest BCUT2D eigenvalue weighted by molar-refractivity contribution is -0.192. The molecule has 33 heavy (non-hydrogen) atoms. The van der Waals surface area contributed by atoms with Crippen molar-refractivity contribution in [2.45, 2.75) is 57.6 Å². The highest BCUT2D eigenvalue weighted by Crippen LogP contribution is 2.36. The van der Waals surface area contributed by atoms with Crippen LogP contribution < -0.4 is 0 Å².